The van der Waals surface area contributed by atoms with E-state index in [0.717, 1.165) is 20.9 Å². The van der Waals surface area contributed by atoms with E-state index in [2.05, 4.69) is 23.4 Å². The monoisotopic (exact) mass is 280 g/mol. The summed E-state index contributed by atoms with van der Waals surface area (Å²) in [5, 5.41) is 0.816. The molecule has 1 aromatic heterocycles. The van der Waals surface area contributed by atoms with Crippen LogP contribution in [0.4, 0.5) is 0 Å². The van der Waals surface area contributed by atoms with Crippen molar-refractivity contribution in [3.8, 4) is 0 Å². The third kappa shape index (κ3) is 1.72. The van der Waals surface area contributed by atoms with Crippen molar-refractivity contribution < 1.29 is 0 Å². The van der Waals surface area contributed by atoms with Gasteiger partial charge in [-0.2, -0.15) is 0 Å². The van der Waals surface area contributed by atoms with Gasteiger partial charge in [0.05, 0.1) is 11.0 Å². The number of aromatic amines is 1. The summed E-state index contributed by atoms with van der Waals surface area (Å²) in [6.07, 6.45) is 3.80. The summed E-state index contributed by atoms with van der Waals surface area (Å²) < 4.78 is 3.12. The van der Waals surface area contributed by atoms with E-state index in [-0.39, 0.29) is 0 Å². The second-order valence-electron chi connectivity index (χ2n) is 5.34. The minimum Gasteiger partial charge on any atom is -0.331 e. The SMILES string of the molecule is Cc1c(Cl)ccc2[nH]c(=S)n(C3CCCC3C)c12. The van der Waals surface area contributed by atoms with Crippen molar-refractivity contribution in [2.75, 3.05) is 0 Å². The average Bonchev–Trinajstić information content (AvgIpc) is 2.87. The fraction of sp³-hybridized carbons (Fsp3) is 0.500. The molecule has 0 spiro atoms. The van der Waals surface area contributed by atoms with E-state index in [1.54, 1.807) is 0 Å². The highest BCUT2D eigenvalue weighted by molar-refractivity contribution is 7.71. The normalized spacial score (nSPS) is 23.9. The molecule has 0 radical (unpaired) electrons. The van der Waals surface area contributed by atoms with E-state index in [1.807, 2.05) is 12.1 Å². The Morgan fingerprint density at radius 2 is 2.17 bits per heavy atom. The lowest BCUT2D eigenvalue weighted by atomic mass is 10.1. The van der Waals surface area contributed by atoms with Crippen LogP contribution in [0, 0.1) is 17.6 Å². The number of nitrogens with zero attached hydrogens (tertiary/aromatic N) is 1. The molecule has 2 unspecified atom stereocenters. The number of rotatable bonds is 1. The Morgan fingerprint density at radius 3 is 2.83 bits per heavy atom. The van der Waals surface area contributed by atoms with Crippen LogP contribution < -0.4 is 0 Å². The summed E-state index contributed by atoms with van der Waals surface area (Å²) in [7, 11) is 0. The fourth-order valence-electron chi connectivity index (χ4n) is 3.19. The van der Waals surface area contributed by atoms with Gasteiger partial charge in [0.25, 0.3) is 0 Å². The molecule has 1 aliphatic carbocycles. The van der Waals surface area contributed by atoms with Crippen molar-refractivity contribution in [2.24, 2.45) is 5.92 Å². The van der Waals surface area contributed by atoms with Gasteiger partial charge in [-0.3, -0.25) is 0 Å². The highest BCUT2D eigenvalue weighted by atomic mass is 35.5. The number of imidazole rings is 1. The van der Waals surface area contributed by atoms with E-state index in [1.165, 1.54) is 24.8 Å². The van der Waals surface area contributed by atoms with Crippen LogP contribution in [0.1, 0.15) is 37.8 Å². The van der Waals surface area contributed by atoms with Crippen LogP contribution in [-0.4, -0.2) is 9.55 Å². The zero-order valence-corrected chi connectivity index (χ0v) is 12.2. The predicted octanol–water partition coefficient (Wildman–Crippen LogP) is 5.02. The largest absolute Gasteiger partial charge is 0.331 e. The van der Waals surface area contributed by atoms with Crippen molar-refractivity contribution in [3.05, 3.63) is 27.5 Å². The average molecular weight is 281 g/mol. The first-order valence-electron chi connectivity index (χ1n) is 6.49. The minimum atomic E-state index is 0.517. The maximum atomic E-state index is 6.25. The number of benzene rings is 1. The van der Waals surface area contributed by atoms with Gasteiger partial charge in [0.2, 0.25) is 0 Å². The molecule has 4 heteroatoms. The Kier molecular flexibility index (Phi) is 2.99. The van der Waals surface area contributed by atoms with Crippen LogP contribution >= 0.6 is 23.8 Å². The van der Waals surface area contributed by atoms with Crippen LogP contribution in [0.5, 0.6) is 0 Å². The van der Waals surface area contributed by atoms with Gasteiger partial charge < -0.3 is 9.55 Å². The molecule has 1 aliphatic rings. The van der Waals surface area contributed by atoms with Gasteiger partial charge in [-0.1, -0.05) is 24.9 Å². The fourth-order valence-corrected chi connectivity index (χ4v) is 3.68. The van der Waals surface area contributed by atoms with Crippen LogP contribution in [-0.2, 0) is 0 Å². The van der Waals surface area contributed by atoms with Crippen molar-refractivity contribution >= 4 is 34.9 Å². The molecule has 3 rings (SSSR count). The highest BCUT2D eigenvalue weighted by Crippen LogP contribution is 2.38. The van der Waals surface area contributed by atoms with E-state index < -0.39 is 0 Å². The first-order chi connectivity index (χ1) is 8.59. The number of H-pyrrole nitrogens is 1. The molecule has 0 saturated heterocycles. The Balaban J connectivity index is 2.31. The molecule has 1 heterocycles. The van der Waals surface area contributed by atoms with E-state index in [9.17, 15) is 0 Å². The van der Waals surface area contributed by atoms with Crippen molar-refractivity contribution in [1.29, 1.82) is 0 Å². The van der Waals surface area contributed by atoms with Crippen LogP contribution in [0.3, 0.4) is 0 Å². The third-order valence-electron chi connectivity index (χ3n) is 4.21. The van der Waals surface area contributed by atoms with Crippen molar-refractivity contribution in [3.63, 3.8) is 0 Å². The van der Waals surface area contributed by atoms with Gasteiger partial charge in [-0.25, -0.2) is 0 Å². The molecule has 96 valence electrons. The van der Waals surface area contributed by atoms with Crippen LogP contribution in [0.2, 0.25) is 5.02 Å². The lowest BCUT2D eigenvalue weighted by Crippen LogP contribution is -2.12. The van der Waals surface area contributed by atoms with Gasteiger partial charge in [-0.05, 0) is 55.6 Å². The molecule has 2 aromatic rings. The molecule has 1 fully saturated rings. The molecule has 1 aromatic carbocycles. The number of nitrogens with one attached hydrogen (secondary N) is 1. The lowest BCUT2D eigenvalue weighted by Gasteiger charge is -2.19. The molecular formula is C14H17ClN2S. The lowest BCUT2D eigenvalue weighted by molar-refractivity contribution is 0.413. The second kappa shape index (κ2) is 4.39. The summed E-state index contributed by atoms with van der Waals surface area (Å²) in [6, 6.07) is 4.48. The molecule has 0 aliphatic heterocycles. The minimum absolute atomic E-state index is 0.517. The summed E-state index contributed by atoms with van der Waals surface area (Å²) in [6.45, 7) is 4.39. The van der Waals surface area contributed by atoms with Gasteiger partial charge >= 0.3 is 0 Å². The summed E-state index contributed by atoms with van der Waals surface area (Å²) in [5.41, 5.74) is 3.41. The summed E-state index contributed by atoms with van der Waals surface area (Å²) >= 11 is 11.8. The zero-order valence-electron chi connectivity index (χ0n) is 10.7. The van der Waals surface area contributed by atoms with Gasteiger partial charge in [-0.15, -0.1) is 0 Å². The van der Waals surface area contributed by atoms with E-state index in [0.29, 0.717) is 12.0 Å². The molecule has 1 N–H and O–H groups in total. The smallest absolute Gasteiger partial charge is 0.178 e. The van der Waals surface area contributed by atoms with Crippen molar-refractivity contribution in [2.45, 2.75) is 39.2 Å². The number of aryl methyl sites for hydroxylation is 1. The van der Waals surface area contributed by atoms with Crippen LogP contribution in [0.25, 0.3) is 11.0 Å². The Hall–Kier alpha value is -0.800. The van der Waals surface area contributed by atoms with Gasteiger partial charge in [0.15, 0.2) is 4.77 Å². The molecule has 2 nitrogen and oxygen atoms in total. The Bertz CT molecular complexity index is 656. The molecule has 0 amide bonds. The zero-order chi connectivity index (χ0) is 12.9. The van der Waals surface area contributed by atoms with Gasteiger partial charge in [0, 0.05) is 11.1 Å². The number of halogens is 1. The Labute approximate surface area is 117 Å². The molecule has 2 atom stereocenters. The first-order valence-corrected chi connectivity index (χ1v) is 7.27. The van der Waals surface area contributed by atoms with Gasteiger partial charge in [0.1, 0.15) is 0 Å². The maximum absolute atomic E-state index is 6.25. The quantitative estimate of drug-likeness (QED) is 0.727. The highest BCUT2D eigenvalue weighted by Gasteiger charge is 2.27. The number of aromatic nitrogens is 2. The summed E-state index contributed by atoms with van der Waals surface area (Å²) in [4.78, 5) is 3.31. The van der Waals surface area contributed by atoms with E-state index >= 15 is 0 Å². The predicted molar refractivity (Wildman–Crippen MR) is 78.9 cm³/mol. The second-order valence-corrected chi connectivity index (χ2v) is 6.14. The number of hydrogen-bond acceptors (Lipinski definition) is 1. The number of fused-ring (bicyclic) bond motifs is 1. The molecule has 1 saturated carbocycles. The maximum Gasteiger partial charge on any atom is 0.178 e. The molecular weight excluding hydrogens is 264 g/mol. The van der Waals surface area contributed by atoms with E-state index in [4.69, 9.17) is 23.8 Å². The van der Waals surface area contributed by atoms with Crippen molar-refractivity contribution in [1.82, 2.24) is 9.55 Å². The Morgan fingerprint density at radius 1 is 1.39 bits per heavy atom. The summed E-state index contributed by atoms with van der Waals surface area (Å²) in [5.74, 6) is 0.689. The van der Waals surface area contributed by atoms with Crippen LogP contribution in [0.15, 0.2) is 12.1 Å². The number of hydrogen-bond donors (Lipinski definition) is 1. The topological polar surface area (TPSA) is 20.7 Å². The standard InChI is InChI=1S/C14H17ClN2S/c1-8-4-3-5-12(8)17-13-9(2)10(15)6-7-11(13)16-14(17)18/h6-8,12H,3-5H2,1-2H3,(H,16,18). The first kappa shape index (κ1) is 12.2. The molecule has 0 bridgehead atoms. The molecule has 18 heavy (non-hydrogen) atoms. The third-order valence-corrected chi connectivity index (χ3v) is 4.92.